The van der Waals surface area contributed by atoms with Crippen molar-refractivity contribution >= 4 is 5.91 Å². The Morgan fingerprint density at radius 1 is 1.69 bits per heavy atom. The molecule has 0 saturated carbocycles. The number of rotatable bonds is 3. The minimum atomic E-state index is 0.0548. The van der Waals surface area contributed by atoms with Crippen LogP contribution in [0.4, 0.5) is 0 Å². The van der Waals surface area contributed by atoms with Crippen molar-refractivity contribution < 1.29 is 4.79 Å². The zero-order chi connectivity index (χ0) is 11.4. The van der Waals surface area contributed by atoms with Gasteiger partial charge < -0.3 is 15.6 Å². The maximum Gasteiger partial charge on any atom is 0.271 e. The lowest BCUT2D eigenvalue weighted by molar-refractivity contribution is 0.0664. The third-order valence-corrected chi connectivity index (χ3v) is 3.11. The summed E-state index contributed by atoms with van der Waals surface area (Å²) in [4.78, 5) is 20.7. The molecule has 16 heavy (non-hydrogen) atoms. The van der Waals surface area contributed by atoms with Crippen LogP contribution in [0, 0.1) is 5.92 Å². The number of hydrogen-bond donors (Lipinski definition) is 2. The Bertz CT molecular complexity index is 334. The summed E-state index contributed by atoms with van der Waals surface area (Å²) in [5.74, 6) is 0.616. The van der Waals surface area contributed by atoms with Crippen molar-refractivity contribution in [2.24, 2.45) is 11.7 Å². The summed E-state index contributed by atoms with van der Waals surface area (Å²) in [6.07, 6.45) is 6.38. The number of nitrogens with zero attached hydrogens (tertiary/aromatic N) is 2. The molecule has 1 saturated heterocycles. The number of imidazole rings is 1. The second kappa shape index (κ2) is 5.12. The molecule has 0 aliphatic carbocycles. The number of nitrogens with one attached hydrogen (secondary N) is 1. The van der Waals surface area contributed by atoms with E-state index >= 15 is 0 Å². The second-order valence-corrected chi connectivity index (χ2v) is 4.30. The van der Waals surface area contributed by atoms with Crippen molar-refractivity contribution in [3.8, 4) is 0 Å². The first-order valence-corrected chi connectivity index (χ1v) is 5.79. The van der Waals surface area contributed by atoms with E-state index in [-0.39, 0.29) is 5.91 Å². The Balaban J connectivity index is 1.96. The Morgan fingerprint density at radius 2 is 2.56 bits per heavy atom. The van der Waals surface area contributed by atoms with Crippen LogP contribution in [0.5, 0.6) is 0 Å². The Kier molecular flexibility index (Phi) is 3.56. The zero-order valence-electron chi connectivity index (χ0n) is 9.35. The van der Waals surface area contributed by atoms with Crippen LogP contribution in [0.2, 0.25) is 0 Å². The minimum absolute atomic E-state index is 0.0548. The van der Waals surface area contributed by atoms with E-state index in [0.717, 1.165) is 25.9 Å². The fourth-order valence-corrected chi connectivity index (χ4v) is 2.26. The van der Waals surface area contributed by atoms with E-state index in [1.54, 1.807) is 6.20 Å². The highest BCUT2D eigenvalue weighted by Crippen LogP contribution is 2.20. The maximum absolute atomic E-state index is 12.0. The van der Waals surface area contributed by atoms with Gasteiger partial charge in [0.25, 0.3) is 5.91 Å². The van der Waals surface area contributed by atoms with E-state index in [2.05, 4.69) is 9.97 Å². The van der Waals surface area contributed by atoms with Gasteiger partial charge in [0, 0.05) is 13.1 Å². The van der Waals surface area contributed by atoms with Gasteiger partial charge in [-0.05, 0) is 31.7 Å². The monoisotopic (exact) mass is 222 g/mol. The molecule has 0 radical (unpaired) electrons. The number of aromatic amines is 1. The molecule has 1 fully saturated rings. The van der Waals surface area contributed by atoms with Crippen molar-refractivity contribution in [3.63, 3.8) is 0 Å². The van der Waals surface area contributed by atoms with E-state index < -0.39 is 0 Å². The van der Waals surface area contributed by atoms with E-state index in [4.69, 9.17) is 5.73 Å². The van der Waals surface area contributed by atoms with Crippen molar-refractivity contribution in [2.45, 2.75) is 19.3 Å². The van der Waals surface area contributed by atoms with Gasteiger partial charge in [-0.3, -0.25) is 4.79 Å². The standard InChI is InChI=1S/C11H18N4O/c12-4-3-9-2-1-5-15(7-9)11(16)10-6-13-8-14-10/h6,8-9H,1-5,7,12H2,(H,13,14). The maximum atomic E-state index is 12.0. The highest BCUT2D eigenvalue weighted by atomic mass is 16.2. The third kappa shape index (κ3) is 2.41. The van der Waals surface area contributed by atoms with E-state index in [1.165, 1.54) is 12.7 Å². The lowest BCUT2D eigenvalue weighted by Gasteiger charge is -2.32. The highest BCUT2D eigenvalue weighted by Gasteiger charge is 2.24. The molecule has 1 unspecified atom stereocenters. The summed E-state index contributed by atoms with van der Waals surface area (Å²) in [6.45, 7) is 2.38. The minimum Gasteiger partial charge on any atom is -0.341 e. The number of carbonyl (C=O) groups is 1. The summed E-state index contributed by atoms with van der Waals surface area (Å²) < 4.78 is 0. The Labute approximate surface area is 95.0 Å². The number of aromatic nitrogens is 2. The molecule has 1 aliphatic heterocycles. The van der Waals surface area contributed by atoms with E-state index in [9.17, 15) is 4.79 Å². The van der Waals surface area contributed by atoms with E-state index in [1.807, 2.05) is 4.90 Å². The SMILES string of the molecule is NCCC1CCCN(C(=O)c2cnc[nH]2)C1. The molecule has 1 amide bonds. The van der Waals surface area contributed by atoms with Gasteiger partial charge in [-0.15, -0.1) is 0 Å². The van der Waals surface area contributed by atoms with Gasteiger partial charge >= 0.3 is 0 Å². The van der Waals surface area contributed by atoms with Crippen LogP contribution in [0.25, 0.3) is 0 Å². The first kappa shape index (κ1) is 11.1. The van der Waals surface area contributed by atoms with Gasteiger partial charge in [-0.1, -0.05) is 0 Å². The highest BCUT2D eigenvalue weighted by molar-refractivity contribution is 5.92. The zero-order valence-corrected chi connectivity index (χ0v) is 9.35. The molecule has 5 nitrogen and oxygen atoms in total. The molecule has 5 heteroatoms. The number of nitrogens with two attached hydrogens (primary N) is 1. The number of piperidine rings is 1. The third-order valence-electron chi connectivity index (χ3n) is 3.11. The van der Waals surface area contributed by atoms with Crippen molar-refractivity contribution in [1.29, 1.82) is 0 Å². The smallest absolute Gasteiger partial charge is 0.271 e. The van der Waals surface area contributed by atoms with Gasteiger partial charge in [0.15, 0.2) is 0 Å². The first-order valence-electron chi connectivity index (χ1n) is 5.79. The lowest BCUT2D eigenvalue weighted by atomic mass is 9.95. The summed E-state index contributed by atoms with van der Waals surface area (Å²) in [7, 11) is 0. The molecule has 1 aromatic heterocycles. The average Bonchev–Trinajstić information content (AvgIpc) is 2.82. The summed E-state index contributed by atoms with van der Waals surface area (Å²) >= 11 is 0. The molecule has 0 aromatic carbocycles. The first-order chi connectivity index (χ1) is 7.81. The van der Waals surface area contributed by atoms with Crippen molar-refractivity contribution in [2.75, 3.05) is 19.6 Å². The molecule has 0 spiro atoms. The molecular weight excluding hydrogens is 204 g/mol. The van der Waals surface area contributed by atoms with Gasteiger partial charge in [-0.2, -0.15) is 0 Å². The number of H-pyrrole nitrogens is 1. The number of hydrogen-bond acceptors (Lipinski definition) is 3. The number of likely N-dealkylation sites (tertiary alicyclic amines) is 1. The summed E-state index contributed by atoms with van der Waals surface area (Å²) in [5.41, 5.74) is 6.13. The quantitative estimate of drug-likeness (QED) is 0.786. The van der Waals surface area contributed by atoms with Crippen molar-refractivity contribution in [3.05, 3.63) is 18.2 Å². The Hall–Kier alpha value is -1.36. The van der Waals surface area contributed by atoms with Crippen LogP contribution in [-0.2, 0) is 0 Å². The molecule has 1 aliphatic rings. The largest absolute Gasteiger partial charge is 0.341 e. The molecule has 1 aromatic rings. The predicted molar refractivity (Wildman–Crippen MR) is 60.9 cm³/mol. The van der Waals surface area contributed by atoms with Crippen LogP contribution in [-0.4, -0.2) is 40.4 Å². The summed E-state index contributed by atoms with van der Waals surface area (Å²) in [6, 6.07) is 0. The van der Waals surface area contributed by atoms with E-state index in [0.29, 0.717) is 18.2 Å². The Morgan fingerprint density at radius 3 is 3.25 bits per heavy atom. The summed E-state index contributed by atoms with van der Waals surface area (Å²) in [5, 5.41) is 0. The topological polar surface area (TPSA) is 75.0 Å². The fraction of sp³-hybridized carbons (Fsp3) is 0.636. The molecule has 2 rings (SSSR count). The fourth-order valence-electron chi connectivity index (χ4n) is 2.26. The average molecular weight is 222 g/mol. The van der Waals surface area contributed by atoms with Crippen LogP contribution >= 0.6 is 0 Å². The molecule has 0 bridgehead atoms. The van der Waals surface area contributed by atoms with Crippen LogP contribution in [0.1, 0.15) is 29.8 Å². The molecule has 2 heterocycles. The lowest BCUT2D eigenvalue weighted by Crippen LogP contribution is -2.40. The van der Waals surface area contributed by atoms with Gasteiger partial charge in [-0.25, -0.2) is 4.98 Å². The normalized spacial score (nSPS) is 21.1. The van der Waals surface area contributed by atoms with Crippen LogP contribution in [0.3, 0.4) is 0 Å². The van der Waals surface area contributed by atoms with Crippen molar-refractivity contribution in [1.82, 2.24) is 14.9 Å². The van der Waals surface area contributed by atoms with Crippen LogP contribution < -0.4 is 5.73 Å². The number of carbonyl (C=O) groups excluding carboxylic acids is 1. The molecular formula is C11H18N4O. The number of amides is 1. The molecule has 3 N–H and O–H groups in total. The van der Waals surface area contributed by atoms with Gasteiger partial charge in [0.05, 0.1) is 12.5 Å². The second-order valence-electron chi connectivity index (χ2n) is 4.30. The predicted octanol–water partition coefficient (Wildman–Crippen LogP) is 0.611. The molecule has 1 atom stereocenters. The van der Waals surface area contributed by atoms with Gasteiger partial charge in [0.1, 0.15) is 5.69 Å². The molecule has 88 valence electrons. The van der Waals surface area contributed by atoms with Crippen LogP contribution in [0.15, 0.2) is 12.5 Å². The van der Waals surface area contributed by atoms with Gasteiger partial charge in [0.2, 0.25) is 0 Å².